The number of benzene rings is 2. The van der Waals surface area contributed by atoms with Crippen LogP contribution in [0.4, 0.5) is 0 Å². The molecule has 0 radical (unpaired) electrons. The molecule has 0 spiro atoms. The van der Waals surface area contributed by atoms with Crippen LogP contribution in [0.15, 0.2) is 36.4 Å². The number of carboxylic acids is 1. The molecule has 2 N–H and O–H groups in total. The van der Waals surface area contributed by atoms with Gasteiger partial charge in [0.15, 0.2) is 11.5 Å². The van der Waals surface area contributed by atoms with Crippen LogP contribution >= 0.6 is 0 Å². The lowest BCUT2D eigenvalue weighted by Crippen LogP contribution is -2.37. The maximum absolute atomic E-state index is 12.6. The van der Waals surface area contributed by atoms with Crippen molar-refractivity contribution in [1.29, 1.82) is 0 Å². The molecule has 172 valence electrons. The van der Waals surface area contributed by atoms with E-state index in [4.69, 9.17) is 14.2 Å². The van der Waals surface area contributed by atoms with Gasteiger partial charge < -0.3 is 24.6 Å². The number of para-hydroxylation sites is 1. The van der Waals surface area contributed by atoms with E-state index in [9.17, 15) is 14.7 Å². The highest BCUT2D eigenvalue weighted by atomic mass is 16.5. The predicted octanol–water partition coefficient (Wildman–Crippen LogP) is 3.08. The second-order valence-corrected chi connectivity index (χ2v) is 7.68. The van der Waals surface area contributed by atoms with Crippen LogP contribution in [0.2, 0.25) is 0 Å². The Kier molecular flexibility index (Phi) is 8.33. The quantitative estimate of drug-likeness (QED) is 0.734. The molecular weight excluding hydrogens is 412 g/mol. The lowest BCUT2D eigenvalue weighted by molar-refractivity contribution is -0.122. The molecule has 0 aliphatic carbocycles. The number of hydrogen-bond acceptors (Lipinski definition) is 6. The molecule has 2 aromatic carbocycles. The fourth-order valence-corrected chi connectivity index (χ4v) is 3.75. The molecule has 1 aliphatic heterocycles. The van der Waals surface area contributed by atoms with E-state index in [0.717, 1.165) is 30.4 Å². The summed E-state index contributed by atoms with van der Waals surface area (Å²) in [5.41, 5.74) is 1.88. The number of aromatic carboxylic acids is 1. The average molecular weight is 443 g/mol. The summed E-state index contributed by atoms with van der Waals surface area (Å²) in [7, 11) is 3.17. The highest BCUT2D eigenvalue weighted by Crippen LogP contribution is 2.32. The van der Waals surface area contributed by atoms with Crippen molar-refractivity contribution in [2.45, 2.75) is 32.4 Å². The average Bonchev–Trinajstić information content (AvgIpc) is 2.79. The maximum Gasteiger partial charge on any atom is 0.335 e. The van der Waals surface area contributed by atoms with Crippen LogP contribution in [0.1, 0.15) is 40.7 Å². The number of amides is 1. The highest BCUT2D eigenvalue weighted by molar-refractivity contribution is 5.88. The summed E-state index contributed by atoms with van der Waals surface area (Å²) in [6.07, 6.45) is 2.61. The van der Waals surface area contributed by atoms with Gasteiger partial charge >= 0.3 is 5.97 Å². The lowest BCUT2D eigenvalue weighted by Gasteiger charge is -2.24. The van der Waals surface area contributed by atoms with Crippen LogP contribution < -0.4 is 19.5 Å². The molecule has 8 heteroatoms. The van der Waals surface area contributed by atoms with Crippen molar-refractivity contribution in [1.82, 2.24) is 10.2 Å². The highest BCUT2D eigenvalue weighted by Gasteiger charge is 2.19. The first kappa shape index (κ1) is 23.4. The second-order valence-electron chi connectivity index (χ2n) is 7.68. The number of carbonyl (C=O) groups is 2. The SMILES string of the molecule is COc1cccc(CN2CC(=O)NCCCCCOc3cc(C(=O)O)ccc3C2)c1OC. The van der Waals surface area contributed by atoms with E-state index in [1.165, 1.54) is 0 Å². The van der Waals surface area contributed by atoms with Crippen molar-refractivity contribution in [3.63, 3.8) is 0 Å². The van der Waals surface area contributed by atoms with Crippen LogP contribution in [-0.4, -0.2) is 55.8 Å². The van der Waals surface area contributed by atoms with Crippen LogP contribution in [0.25, 0.3) is 0 Å². The first-order chi connectivity index (χ1) is 15.5. The Morgan fingerprint density at radius 3 is 2.72 bits per heavy atom. The van der Waals surface area contributed by atoms with E-state index in [1.807, 2.05) is 23.1 Å². The summed E-state index contributed by atoms with van der Waals surface area (Å²) in [4.78, 5) is 26.0. The van der Waals surface area contributed by atoms with Crippen LogP contribution in [-0.2, 0) is 17.9 Å². The third-order valence-electron chi connectivity index (χ3n) is 5.35. The van der Waals surface area contributed by atoms with Gasteiger partial charge in [-0.1, -0.05) is 18.2 Å². The van der Waals surface area contributed by atoms with Crippen molar-refractivity contribution in [3.8, 4) is 17.2 Å². The first-order valence-corrected chi connectivity index (χ1v) is 10.7. The Balaban J connectivity index is 1.94. The van der Waals surface area contributed by atoms with Crippen molar-refractivity contribution in [3.05, 3.63) is 53.1 Å². The minimum absolute atomic E-state index is 0.0595. The Morgan fingerprint density at radius 1 is 1.12 bits per heavy atom. The Hall–Kier alpha value is -3.26. The summed E-state index contributed by atoms with van der Waals surface area (Å²) in [5.74, 6) is 0.714. The molecule has 32 heavy (non-hydrogen) atoms. The third-order valence-corrected chi connectivity index (χ3v) is 5.35. The van der Waals surface area contributed by atoms with E-state index in [2.05, 4.69) is 5.32 Å². The minimum atomic E-state index is -1.00. The molecule has 3 rings (SSSR count). The number of hydrogen-bond donors (Lipinski definition) is 2. The monoisotopic (exact) mass is 442 g/mol. The molecular formula is C24H30N2O6. The Bertz CT molecular complexity index is 946. The van der Waals surface area contributed by atoms with E-state index in [1.54, 1.807) is 32.4 Å². The first-order valence-electron chi connectivity index (χ1n) is 10.7. The maximum atomic E-state index is 12.6. The molecule has 0 fully saturated rings. The number of fused-ring (bicyclic) bond motifs is 1. The Labute approximate surface area is 188 Å². The fourth-order valence-electron chi connectivity index (χ4n) is 3.75. The topological polar surface area (TPSA) is 97.3 Å². The minimum Gasteiger partial charge on any atom is -0.493 e. The normalized spacial score (nSPS) is 15.8. The lowest BCUT2D eigenvalue weighted by atomic mass is 10.1. The van der Waals surface area contributed by atoms with Gasteiger partial charge in [-0.25, -0.2) is 4.79 Å². The van der Waals surface area contributed by atoms with Crippen molar-refractivity contribution >= 4 is 11.9 Å². The molecule has 0 bridgehead atoms. The van der Waals surface area contributed by atoms with Gasteiger partial charge in [0.25, 0.3) is 0 Å². The van der Waals surface area contributed by atoms with Crippen molar-refractivity contribution < 1.29 is 28.9 Å². The van der Waals surface area contributed by atoms with E-state index >= 15 is 0 Å². The number of nitrogens with zero attached hydrogens (tertiary/aromatic N) is 1. The number of methoxy groups -OCH3 is 2. The zero-order valence-electron chi connectivity index (χ0n) is 18.6. The van der Waals surface area contributed by atoms with E-state index in [-0.39, 0.29) is 18.0 Å². The van der Waals surface area contributed by atoms with Crippen LogP contribution in [0, 0.1) is 0 Å². The number of rotatable bonds is 5. The molecule has 1 aliphatic rings. The number of carbonyl (C=O) groups excluding carboxylic acids is 1. The molecule has 0 saturated heterocycles. The van der Waals surface area contributed by atoms with Crippen molar-refractivity contribution in [2.75, 3.05) is 33.9 Å². The number of ether oxygens (including phenoxy) is 3. The Morgan fingerprint density at radius 2 is 1.97 bits per heavy atom. The smallest absolute Gasteiger partial charge is 0.335 e. The molecule has 0 atom stereocenters. The van der Waals surface area contributed by atoms with E-state index < -0.39 is 5.97 Å². The molecule has 2 aromatic rings. The summed E-state index contributed by atoms with van der Waals surface area (Å²) >= 11 is 0. The van der Waals surface area contributed by atoms with Gasteiger partial charge in [-0.15, -0.1) is 0 Å². The number of nitrogens with one attached hydrogen (secondary N) is 1. The van der Waals surface area contributed by atoms with Gasteiger partial charge in [-0.2, -0.15) is 0 Å². The number of carboxylic acid groups (broad SMARTS) is 1. The van der Waals surface area contributed by atoms with Gasteiger partial charge in [-0.05, 0) is 37.5 Å². The molecule has 0 aromatic heterocycles. The van der Waals surface area contributed by atoms with Crippen molar-refractivity contribution in [2.24, 2.45) is 0 Å². The standard InChI is InChI=1S/C24H30N2O6/c1-30-20-8-6-7-19(23(20)31-2)15-26-14-18-10-9-17(24(28)29)13-21(18)32-12-5-3-4-11-25-22(27)16-26/h6-10,13H,3-5,11-12,14-16H2,1-2H3,(H,25,27)(H,28,29). The zero-order chi connectivity index (χ0) is 22.9. The molecule has 1 amide bonds. The van der Waals surface area contributed by atoms with Crippen LogP contribution in [0.3, 0.4) is 0 Å². The summed E-state index contributed by atoms with van der Waals surface area (Å²) in [5, 5.41) is 12.4. The zero-order valence-corrected chi connectivity index (χ0v) is 18.6. The molecule has 0 unspecified atom stereocenters. The fraction of sp³-hybridized carbons (Fsp3) is 0.417. The van der Waals surface area contributed by atoms with Gasteiger partial charge in [0.05, 0.1) is 32.9 Å². The summed E-state index contributed by atoms with van der Waals surface area (Å²) < 4.78 is 16.9. The molecule has 0 saturated carbocycles. The van der Waals surface area contributed by atoms with Crippen LogP contribution in [0.5, 0.6) is 17.2 Å². The summed E-state index contributed by atoms with van der Waals surface area (Å²) in [6.45, 7) is 2.14. The molecule has 8 nitrogen and oxygen atoms in total. The van der Waals surface area contributed by atoms with Gasteiger partial charge in [0.1, 0.15) is 5.75 Å². The van der Waals surface area contributed by atoms with Gasteiger partial charge in [0.2, 0.25) is 5.91 Å². The largest absolute Gasteiger partial charge is 0.493 e. The van der Waals surface area contributed by atoms with Gasteiger partial charge in [0, 0.05) is 30.8 Å². The molecule has 1 heterocycles. The predicted molar refractivity (Wildman–Crippen MR) is 119 cm³/mol. The van der Waals surface area contributed by atoms with Gasteiger partial charge in [-0.3, -0.25) is 9.69 Å². The summed E-state index contributed by atoms with van der Waals surface area (Å²) in [6, 6.07) is 10.5. The third kappa shape index (κ3) is 6.13. The van der Waals surface area contributed by atoms with E-state index in [0.29, 0.717) is 43.5 Å². The second kappa shape index (κ2) is 11.4.